The van der Waals surface area contributed by atoms with Crippen LogP contribution in [0.5, 0.6) is 5.88 Å². The molecule has 1 aliphatic heterocycles. The van der Waals surface area contributed by atoms with Crippen molar-refractivity contribution in [2.24, 2.45) is 0 Å². The summed E-state index contributed by atoms with van der Waals surface area (Å²) in [7, 11) is 0. The molecule has 0 saturated heterocycles. The highest BCUT2D eigenvalue weighted by Crippen LogP contribution is 2.30. The minimum atomic E-state index is -5.08. The second kappa shape index (κ2) is 14.4. The minimum absolute atomic E-state index is 0.0887. The minimum Gasteiger partial charge on any atom is -0.493 e. The molecule has 0 saturated carbocycles. The van der Waals surface area contributed by atoms with Crippen LogP contribution in [0.25, 0.3) is 0 Å². The van der Waals surface area contributed by atoms with Gasteiger partial charge >= 0.3 is 24.3 Å². The molecule has 0 unspecified atom stereocenters. The van der Waals surface area contributed by atoms with Crippen LogP contribution in [0.2, 0.25) is 5.02 Å². The Labute approximate surface area is 253 Å². The summed E-state index contributed by atoms with van der Waals surface area (Å²) in [6.45, 7) is 0. The number of rotatable bonds is 2. The summed E-state index contributed by atoms with van der Waals surface area (Å²) in [5, 5.41) is 34.0. The topological polar surface area (TPSA) is 182 Å². The second-order valence-electron chi connectivity index (χ2n) is 8.68. The highest BCUT2D eigenvalue weighted by Gasteiger charge is 2.38. The predicted molar refractivity (Wildman–Crippen MR) is 148 cm³/mol. The molecule has 45 heavy (non-hydrogen) atoms. The number of carboxylic acids is 2. The molecule has 0 fully saturated rings. The van der Waals surface area contributed by atoms with E-state index in [2.05, 4.69) is 48.0 Å². The third-order valence-electron chi connectivity index (χ3n) is 5.35. The number of aryl methyl sites for hydroxylation is 2. The Morgan fingerprint density at radius 3 is 2.11 bits per heavy atom. The fourth-order valence-corrected chi connectivity index (χ4v) is 3.53. The lowest BCUT2D eigenvalue weighted by Crippen LogP contribution is -2.21. The number of aromatic hydroxyl groups is 1. The van der Waals surface area contributed by atoms with Crippen LogP contribution in [0, 0.1) is 0 Å². The first-order chi connectivity index (χ1) is 21.0. The fourth-order valence-electron chi connectivity index (χ4n) is 3.39. The number of aliphatic carboxylic acids is 2. The van der Waals surface area contributed by atoms with Gasteiger partial charge in [0.2, 0.25) is 17.8 Å². The molecule has 2 aromatic heterocycles. The smallest absolute Gasteiger partial charge is 0.490 e. The van der Waals surface area contributed by atoms with E-state index >= 15 is 0 Å². The number of nitrogens with one attached hydrogen (secondary N) is 3. The van der Waals surface area contributed by atoms with E-state index in [4.69, 9.17) is 31.4 Å². The molecule has 2 aromatic carbocycles. The summed E-state index contributed by atoms with van der Waals surface area (Å²) >= 11 is 6.32. The molecule has 0 amide bonds. The van der Waals surface area contributed by atoms with E-state index in [1.165, 1.54) is 17.8 Å². The number of benzene rings is 2. The van der Waals surface area contributed by atoms with Crippen LogP contribution in [0.4, 0.5) is 61.1 Å². The third kappa shape index (κ3) is 10.7. The highest BCUT2D eigenvalue weighted by atomic mass is 35.5. The summed E-state index contributed by atoms with van der Waals surface area (Å²) in [4.78, 5) is 34.8. The highest BCUT2D eigenvalue weighted by molar-refractivity contribution is 6.32. The molecule has 6 N–H and O–H groups in total. The zero-order chi connectivity index (χ0) is 33.4. The number of nitrogens with zero attached hydrogens (tertiary/aromatic N) is 4. The van der Waals surface area contributed by atoms with Gasteiger partial charge in [-0.1, -0.05) is 23.7 Å². The van der Waals surface area contributed by atoms with Crippen LogP contribution < -0.4 is 16.0 Å². The molecule has 1 aliphatic rings. The largest absolute Gasteiger partial charge is 0.493 e. The number of fused-ring (bicyclic) bond motifs is 6. The molecule has 19 heteroatoms. The van der Waals surface area contributed by atoms with E-state index in [-0.39, 0.29) is 5.88 Å². The standard InChI is InChI=1S/C22H18ClN7O.2C2HF3O2/c23-17-12-25-22-27-15-3-1-2-13(10-15)4-5-14-11-16(26-20(17)30-22)6-7-18(14)28-21-24-9-8-19(31)29-21;2*3-2(4,5)1(6)7/h1-3,6-12H,4-5H2,(H2,24,28,29,31)(H2,25,26,27,30);2*(H,6,7). The van der Waals surface area contributed by atoms with Crippen molar-refractivity contribution in [1.82, 2.24) is 19.9 Å². The molecule has 5 rings (SSSR count). The molecule has 0 aliphatic carbocycles. The first-order valence-corrected chi connectivity index (χ1v) is 12.6. The summed E-state index contributed by atoms with van der Waals surface area (Å²) < 4.78 is 63.5. The zero-order valence-corrected chi connectivity index (χ0v) is 23.0. The van der Waals surface area contributed by atoms with Gasteiger partial charge in [0.25, 0.3) is 0 Å². The molecule has 12 nitrogen and oxygen atoms in total. The van der Waals surface area contributed by atoms with Crippen molar-refractivity contribution < 1.29 is 51.3 Å². The van der Waals surface area contributed by atoms with Crippen molar-refractivity contribution in [3.8, 4) is 5.88 Å². The number of aromatic nitrogens is 4. The van der Waals surface area contributed by atoms with Gasteiger partial charge in [-0.25, -0.2) is 19.6 Å². The number of hydrogen-bond acceptors (Lipinski definition) is 10. The van der Waals surface area contributed by atoms with Crippen molar-refractivity contribution >= 4 is 58.3 Å². The molecule has 0 atom stereocenters. The summed E-state index contributed by atoms with van der Waals surface area (Å²) in [5.41, 5.74) is 4.84. The predicted octanol–water partition coefficient (Wildman–Crippen LogP) is 6.22. The van der Waals surface area contributed by atoms with Gasteiger partial charge in [-0.15, -0.1) is 0 Å². The van der Waals surface area contributed by atoms with E-state index in [0.29, 0.717) is 22.7 Å². The Bertz CT molecular complexity index is 1650. The number of anilines is 6. The number of hydrogen-bond donors (Lipinski definition) is 6. The van der Waals surface area contributed by atoms with Crippen LogP contribution >= 0.6 is 11.6 Å². The Morgan fingerprint density at radius 1 is 0.844 bits per heavy atom. The van der Waals surface area contributed by atoms with Crippen molar-refractivity contribution in [2.75, 3.05) is 16.0 Å². The van der Waals surface area contributed by atoms with Crippen molar-refractivity contribution in [3.63, 3.8) is 0 Å². The van der Waals surface area contributed by atoms with Crippen LogP contribution in [0.1, 0.15) is 11.1 Å². The number of alkyl halides is 6. The van der Waals surface area contributed by atoms with Crippen molar-refractivity contribution in [1.29, 1.82) is 0 Å². The normalized spacial score (nSPS) is 12.1. The van der Waals surface area contributed by atoms with E-state index in [1.807, 2.05) is 30.3 Å². The monoisotopic (exact) mass is 659 g/mol. The van der Waals surface area contributed by atoms with Crippen LogP contribution in [0.15, 0.2) is 60.9 Å². The quantitative estimate of drug-likeness (QED) is 0.134. The Morgan fingerprint density at radius 2 is 1.49 bits per heavy atom. The maximum Gasteiger partial charge on any atom is 0.490 e. The van der Waals surface area contributed by atoms with Crippen molar-refractivity contribution in [3.05, 3.63) is 77.1 Å². The summed E-state index contributed by atoms with van der Waals surface area (Å²) in [6.07, 6.45) is -5.49. The first-order valence-electron chi connectivity index (χ1n) is 12.2. The molecule has 0 spiro atoms. The second-order valence-corrected chi connectivity index (χ2v) is 9.09. The molecule has 6 bridgehead atoms. The van der Waals surface area contributed by atoms with Gasteiger partial charge in [0.05, 0.1) is 6.20 Å². The average Bonchev–Trinajstić information content (AvgIpc) is 2.95. The van der Waals surface area contributed by atoms with Gasteiger partial charge in [0, 0.05) is 29.3 Å². The van der Waals surface area contributed by atoms with Gasteiger partial charge < -0.3 is 31.3 Å². The van der Waals surface area contributed by atoms with E-state index in [9.17, 15) is 31.4 Å². The molecule has 4 aromatic rings. The SMILES string of the molecule is O=C(O)C(F)(F)F.O=C(O)C(F)(F)F.Oc1ccnc(Nc2ccc3cc2CCc2cccc(c2)Nc2ncc(Cl)c(n2)N3)n1. The van der Waals surface area contributed by atoms with E-state index < -0.39 is 24.3 Å². The first kappa shape index (κ1) is 34.1. The number of carboxylic acid groups (broad SMARTS) is 2. The molecule has 238 valence electrons. The zero-order valence-electron chi connectivity index (χ0n) is 22.3. The van der Waals surface area contributed by atoms with Gasteiger partial charge in [-0.05, 0) is 54.3 Å². The van der Waals surface area contributed by atoms with Gasteiger partial charge in [-0.3, -0.25) is 0 Å². The maximum atomic E-state index is 10.6. The maximum absolute atomic E-state index is 10.6. The Balaban J connectivity index is 0.000000331. The molecule has 3 heterocycles. The fraction of sp³-hybridized carbons (Fsp3) is 0.154. The number of carbonyl (C=O) groups is 2. The van der Waals surface area contributed by atoms with E-state index in [1.54, 1.807) is 6.20 Å². The lowest BCUT2D eigenvalue weighted by atomic mass is 10.0. The van der Waals surface area contributed by atoms with Gasteiger partial charge in [-0.2, -0.15) is 36.3 Å². The molecular weight excluding hydrogens is 640 g/mol. The summed E-state index contributed by atoms with van der Waals surface area (Å²) in [6, 6.07) is 15.5. The van der Waals surface area contributed by atoms with Gasteiger partial charge in [0.15, 0.2) is 5.82 Å². The van der Waals surface area contributed by atoms with E-state index in [0.717, 1.165) is 35.5 Å². The number of halogens is 7. The van der Waals surface area contributed by atoms with Crippen LogP contribution in [0.3, 0.4) is 0 Å². The van der Waals surface area contributed by atoms with Crippen LogP contribution in [-0.4, -0.2) is 59.5 Å². The van der Waals surface area contributed by atoms with Gasteiger partial charge in [0.1, 0.15) is 5.02 Å². The Hall–Kier alpha value is -5.39. The molecule has 0 radical (unpaired) electrons. The Kier molecular flexibility index (Phi) is 10.9. The molecular formula is C26H20ClF6N7O5. The lowest BCUT2D eigenvalue weighted by Gasteiger charge is -2.14. The lowest BCUT2D eigenvalue weighted by molar-refractivity contribution is -0.193. The van der Waals surface area contributed by atoms with Crippen LogP contribution in [-0.2, 0) is 22.4 Å². The van der Waals surface area contributed by atoms with Crippen molar-refractivity contribution in [2.45, 2.75) is 25.2 Å². The summed E-state index contributed by atoms with van der Waals surface area (Å²) in [5.74, 6) is -4.30. The third-order valence-corrected chi connectivity index (χ3v) is 5.63. The average molecular weight is 660 g/mol.